The number of quaternary nitrogens is 1. The van der Waals surface area contributed by atoms with Crippen LogP contribution in [0.5, 0.6) is 0 Å². The fourth-order valence-electron chi connectivity index (χ4n) is 2.28. The molecular weight excluding hydrogens is 320 g/mol. The number of nitrogens with one attached hydrogen (secondary N) is 1. The predicted octanol–water partition coefficient (Wildman–Crippen LogP) is -1.08. The Balaban J connectivity index is 0.00000242. The Kier molecular flexibility index (Phi) is 7.82. The smallest absolute Gasteiger partial charge is 0.240 e. The van der Waals surface area contributed by atoms with E-state index in [1.165, 1.54) is 0 Å². The molecule has 0 unspecified atom stereocenters. The van der Waals surface area contributed by atoms with Gasteiger partial charge in [-0.15, -0.1) is 0 Å². The van der Waals surface area contributed by atoms with Crippen molar-refractivity contribution in [3.63, 3.8) is 0 Å². The fraction of sp³-hybridized carbons (Fsp3) is 0.375. The first kappa shape index (κ1) is 18.9. The van der Waals surface area contributed by atoms with E-state index in [0.29, 0.717) is 11.4 Å². The summed E-state index contributed by atoms with van der Waals surface area (Å²) in [4.78, 5) is 0.332. The minimum atomic E-state index is -3.41. The normalized spacial score (nSPS) is 11.3. The summed E-state index contributed by atoms with van der Waals surface area (Å²) in [6.45, 7) is 1.44. The van der Waals surface area contributed by atoms with Gasteiger partial charge in [-0.2, -0.15) is 0 Å². The van der Waals surface area contributed by atoms with Gasteiger partial charge in [-0.3, -0.25) is 0 Å². The molecule has 2 rings (SSSR count). The Hall–Kier alpha value is -1.14. The maximum absolute atomic E-state index is 12.2. The molecule has 2 aromatic carbocycles. The SMILES string of the molecule is [Cl-].[NH3+]CCCCCCNS(=O)(=O)c1ccc2ccccc2c1. The van der Waals surface area contributed by atoms with Crippen molar-refractivity contribution in [1.82, 2.24) is 4.72 Å². The summed E-state index contributed by atoms with van der Waals surface area (Å²) in [6.07, 6.45) is 4.13. The second kappa shape index (κ2) is 9.10. The van der Waals surface area contributed by atoms with Gasteiger partial charge in [0.25, 0.3) is 0 Å². The first-order valence-electron chi connectivity index (χ1n) is 7.41. The van der Waals surface area contributed by atoms with Crippen LogP contribution < -0.4 is 22.9 Å². The third-order valence-electron chi connectivity index (χ3n) is 3.50. The van der Waals surface area contributed by atoms with E-state index in [1.54, 1.807) is 12.1 Å². The Morgan fingerprint density at radius 3 is 2.32 bits per heavy atom. The summed E-state index contributed by atoms with van der Waals surface area (Å²) in [7, 11) is -3.41. The molecule has 0 radical (unpaired) electrons. The molecule has 0 heterocycles. The summed E-state index contributed by atoms with van der Waals surface area (Å²) in [6, 6.07) is 13.0. The van der Waals surface area contributed by atoms with Crippen LogP contribution in [0.1, 0.15) is 25.7 Å². The molecule has 122 valence electrons. The van der Waals surface area contributed by atoms with Crippen LogP contribution in [0, 0.1) is 0 Å². The van der Waals surface area contributed by atoms with E-state index in [2.05, 4.69) is 10.5 Å². The molecule has 0 aliphatic rings. The second-order valence-corrected chi connectivity index (χ2v) is 6.94. The van der Waals surface area contributed by atoms with Crippen LogP contribution in [0.4, 0.5) is 0 Å². The molecule has 0 atom stereocenters. The number of hydrogen-bond donors (Lipinski definition) is 2. The average molecular weight is 343 g/mol. The van der Waals surface area contributed by atoms with Crippen LogP contribution in [-0.4, -0.2) is 21.5 Å². The monoisotopic (exact) mass is 342 g/mol. The molecule has 0 fully saturated rings. The zero-order valence-electron chi connectivity index (χ0n) is 12.6. The van der Waals surface area contributed by atoms with E-state index in [-0.39, 0.29) is 12.4 Å². The molecule has 6 heteroatoms. The van der Waals surface area contributed by atoms with E-state index in [0.717, 1.165) is 43.0 Å². The number of hydrogen-bond acceptors (Lipinski definition) is 2. The van der Waals surface area contributed by atoms with Gasteiger partial charge >= 0.3 is 0 Å². The van der Waals surface area contributed by atoms with Gasteiger partial charge in [0, 0.05) is 6.54 Å². The van der Waals surface area contributed by atoms with Crippen molar-refractivity contribution in [3.05, 3.63) is 42.5 Å². The number of sulfonamides is 1. The third kappa shape index (κ3) is 5.25. The van der Waals surface area contributed by atoms with Gasteiger partial charge in [-0.05, 0) is 42.2 Å². The largest absolute Gasteiger partial charge is 1.00 e. The average Bonchev–Trinajstić information content (AvgIpc) is 2.50. The molecule has 4 N–H and O–H groups in total. The molecule has 0 spiro atoms. The Bertz CT molecular complexity index is 689. The van der Waals surface area contributed by atoms with Gasteiger partial charge in [0.1, 0.15) is 0 Å². The minimum Gasteiger partial charge on any atom is -1.00 e. The predicted molar refractivity (Wildman–Crippen MR) is 85.4 cm³/mol. The molecule has 0 aliphatic carbocycles. The molecule has 22 heavy (non-hydrogen) atoms. The summed E-state index contributed by atoms with van der Waals surface area (Å²) < 4.78 is 27.2. The summed E-state index contributed by atoms with van der Waals surface area (Å²) >= 11 is 0. The van der Waals surface area contributed by atoms with Crippen molar-refractivity contribution in [3.8, 4) is 0 Å². The van der Waals surface area contributed by atoms with E-state index in [9.17, 15) is 8.42 Å². The minimum absolute atomic E-state index is 0. The maximum atomic E-state index is 12.2. The molecule has 0 aliphatic heterocycles. The molecular formula is C16H23ClN2O2S. The van der Waals surface area contributed by atoms with Gasteiger partial charge in [0.05, 0.1) is 11.4 Å². The highest BCUT2D eigenvalue weighted by atomic mass is 35.5. The quantitative estimate of drug-likeness (QED) is 0.599. The zero-order valence-corrected chi connectivity index (χ0v) is 14.2. The van der Waals surface area contributed by atoms with E-state index < -0.39 is 10.0 Å². The Morgan fingerprint density at radius 1 is 0.909 bits per heavy atom. The van der Waals surface area contributed by atoms with E-state index in [1.807, 2.05) is 30.3 Å². The van der Waals surface area contributed by atoms with Gasteiger partial charge in [-0.1, -0.05) is 36.8 Å². The van der Waals surface area contributed by atoms with Gasteiger partial charge in [0.2, 0.25) is 10.0 Å². The highest BCUT2D eigenvalue weighted by Crippen LogP contribution is 2.18. The van der Waals surface area contributed by atoms with Crippen molar-refractivity contribution in [2.45, 2.75) is 30.6 Å². The summed E-state index contributed by atoms with van der Waals surface area (Å²) in [5.41, 5.74) is 3.80. The number of unbranched alkanes of at least 4 members (excludes halogenated alkanes) is 3. The van der Waals surface area contributed by atoms with Crippen LogP contribution in [0.15, 0.2) is 47.4 Å². The number of halogens is 1. The molecule has 4 nitrogen and oxygen atoms in total. The third-order valence-corrected chi connectivity index (χ3v) is 4.96. The second-order valence-electron chi connectivity index (χ2n) is 5.17. The Morgan fingerprint density at radius 2 is 1.59 bits per heavy atom. The molecule has 0 aromatic heterocycles. The lowest BCUT2D eigenvalue weighted by Crippen LogP contribution is -3.00. The lowest BCUT2D eigenvalue weighted by molar-refractivity contribution is -0.368. The first-order valence-corrected chi connectivity index (χ1v) is 8.89. The van der Waals surface area contributed by atoms with Crippen LogP contribution in [-0.2, 0) is 10.0 Å². The van der Waals surface area contributed by atoms with Crippen LogP contribution in [0.3, 0.4) is 0 Å². The van der Waals surface area contributed by atoms with Crippen molar-refractivity contribution in [2.24, 2.45) is 0 Å². The van der Waals surface area contributed by atoms with Crippen molar-refractivity contribution < 1.29 is 26.6 Å². The van der Waals surface area contributed by atoms with Crippen molar-refractivity contribution in [2.75, 3.05) is 13.1 Å². The highest BCUT2D eigenvalue weighted by Gasteiger charge is 2.13. The van der Waals surface area contributed by atoms with Crippen LogP contribution >= 0.6 is 0 Å². The molecule has 0 saturated carbocycles. The maximum Gasteiger partial charge on any atom is 0.240 e. The zero-order chi connectivity index (χ0) is 15.1. The van der Waals surface area contributed by atoms with Crippen molar-refractivity contribution >= 4 is 20.8 Å². The van der Waals surface area contributed by atoms with Gasteiger partial charge < -0.3 is 18.1 Å². The van der Waals surface area contributed by atoms with E-state index in [4.69, 9.17) is 0 Å². The number of rotatable bonds is 8. The van der Waals surface area contributed by atoms with Crippen LogP contribution in [0.2, 0.25) is 0 Å². The number of fused-ring (bicyclic) bond motifs is 1. The molecule has 2 aromatic rings. The van der Waals surface area contributed by atoms with E-state index >= 15 is 0 Å². The Labute approximate surface area is 138 Å². The number of benzene rings is 2. The molecule has 0 amide bonds. The molecule has 0 saturated heterocycles. The lowest BCUT2D eigenvalue weighted by atomic mass is 10.1. The van der Waals surface area contributed by atoms with Crippen LogP contribution in [0.25, 0.3) is 10.8 Å². The fourth-order valence-corrected chi connectivity index (χ4v) is 3.39. The van der Waals surface area contributed by atoms with Crippen molar-refractivity contribution in [1.29, 1.82) is 0 Å². The lowest BCUT2D eigenvalue weighted by Gasteiger charge is -2.07. The van der Waals surface area contributed by atoms with Gasteiger partial charge in [0.15, 0.2) is 0 Å². The topological polar surface area (TPSA) is 73.8 Å². The molecule has 0 bridgehead atoms. The summed E-state index contributed by atoms with van der Waals surface area (Å²) in [5, 5.41) is 1.99. The first-order chi connectivity index (χ1) is 10.1. The highest BCUT2D eigenvalue weighted by molar-refractivity contribution is 7.89. The van der Waals surface area contributed by atoms with Gasteiger partial charge in [-0.25, -0.2) is 13.1 Å². The standard InChI is InChI=1S/C16H22N2O2S.ClH/c17-11-5-1-2-6-12-18-21(19,20)16-10-9-14-7-3-4-8-15(14)13-16;/h3-4,7-10,13,18H,1-2,5-6,11-12,17H2;1H. The summed E-state index contributed by atoms with van der Waals surface area (Å²) in [5.74, 6) is 0.